The fourth-order valence-electron chi connectivity index (χ4n) is 0.873. The van der Waals surface area contributed by atoms with E-state index in [1.165, 1.54) is 24.3 Å². The van der Waals surface area contributed by atoms with Crippen LogP contribution in [0.1, 0.15) is 0 Å². The number of hydrogen-bond acceptors (Lipinski definition) is 3. The van der Waals surface area contributed by atoms with Gasteiger partial charge in [-0.3, -0.25) is 9.59 Å². The highest BCUT2D eigenvalue weighted by molar-refractivity contribution is 5.92. The lowest BCUT2D eigenvalue weighted by atomic mass is 10.3. The molecule has 0 atom stereocenters. The molecule has 0 radical (unpaired) electrons. The van der Waals surface area contributed by atoms with Gasteiger partial charge in [0, 0.05) is 5.69 Å². The zero-order valence-electron chi connectivity index (χ0n) is 7.20. The van der Waals surface area contributed by atoms with Crippen LogP contribution < -0.4 is 5.32 Å². The fourth-order valence-corrected chi connectivity index (χ4v) is 0.873. The van der Waals surface area contributed by atoms with E-state index in [-0.39, 0.29) is 13.1 Å². The molecule has 1 amide bonds. The zero-order chi connectivity index (χ0) is 10.4. The highest BCUT2D eigenvalue weighted by atomic mass is 19.1. The minimum Gasteiger partial charge on any atom is -0.458 e. The van der Waals surface area contributed by atoms with E-state index >= 15 is 0 Å². The largest absolute Gasteiger partial charge is 0.458 e. The second kappa shape index (κ2) is 4.96. The van der Waals surface area contributed by atoms with Crippen molar-refractivity contribution in [1.82, 2.24) is 0 Å². The van der Waals surface area contributed by atoms with E-state index in [0.29, 0.717) is 5.69 Å². The molecule has 14 heavy (non-hydrogen) atoms. The topological polar surface area (TPSA) is 55.4 Å². The minimum absolute atomic E-state index is 0.172. The van der Waals surface area contributed by atoms with Gasteiger partial charge in [-0.15, -0.1) is 0 Å². The lowest BCUT2D eigenvalue weighted by Gasteiger charge is -2.03. The molecule has 4 nitrogen and oxygen atoms in total. The van der Waals surface area contributed by atoms with Crippen molar-refractivity contribution in [3.8, 4) is 0 Å². The van der Waals surface area contributed by atoms with Crippen LogP contribution in [0.3, 0.4) is 0 Å². The molecular weight excluding hydrogens is 189 g/mol. The van der Waals surface area contributed by atoms with Crippen LogP contribution in [0, 0.1) is 5.82 Å². The van der Waals surface area contributed by atoms with Crippen LogP contribution in [0.15, 0.2) is 24.3 Å². The maximum Gasteiger partial charge on any atom is 0.293 e. The van der Waals surface area contributed by atoms with Crippen LogP contribution in [-0.4, -0.2) is 19.0 Å². The van der Waals surface area contributed by atoms with E-state index in [2.05, 4.69) is 10.1 Å². The molecule has 0 spiro atoms. The van der Waals surface area contributed by atoms with Gasteiger partial charge in [0.25, 0.3) is 12.4 Å². The predicted octanol–water partition coefficient (Wildman–Crippen LogP) is 0.937. The standard InChI is InChI=1S/C9H8FNO3/c10-7-2-1-3-8(4-7)11-9(13)5-14-6-12/h1-4,6H,5H2,(H,11,13). The van der Waals surface area contributed by atoms with Crippen molar-refractivity contribution in [1.29, 1.82) is 0 Å². The summed E-state index contributed by atoms with van der Waals surface area (Å²) in [7, 11) is 0. The third kappa shape index (κ3) is 3.22. The summed E-state index contributed by atoms with van der Waals surface area (Å²) in [6.07, 6.45) is 0. The van der Waals surface area contributed by atoms with Gasteiger partial charge < -0.3 is 10.1 Å². The first kappa shape index (κ1) is 10.2. The average Bonchev–Trinajstić information content (AvgIpc) is 2.15. The minimum atomic E-state index is -0.511. The van der Waals surface area contributed by atoms with Gasteiger partial charge in [0.15, 0.2) is 6.61 Å². The van der Waals surface area contributed by atoms with Crippen LogP contribution >= 0.6 is 0 Å². The third-order valence-electron chi connectivity index (χ3n) is 1.39. The molecule has 1 N–H and O–H groups in total. The van der Waals surface area contributed by atoms with Crippen molar-refractivity contribution in [2.75, 3.05) is 11.9 Å². The van der Waals surface area contributed by atoms with Crippen LogP contribution in [0.25, 0.3) is 0 Å². The molecule has 0 aromatic heterocycles. The predicted molar refractivity (Wildman–Crippen MR) is 47.0 cm³/mol. The van der Waals surface area contributed by atoms with Crippen LogP contribution in [-0.2, 0) is 14.3 Å². The summed E-state index contributed by atoms with van der Waals surface area (Å²) in [6.45, 7) is -0.203. The maximum atomic E-state index is 12.6. The molecule has 0 aliphatic carbocycles. The molecule has 5 heteroatoms. The summed E-state index contributed by atoms with van der Waals surface area (Å²) in [6, 6.07) is 5.42. The summed E-state index contributed by atoms with van der Waals surface area (Å²) in [5.74, 6) is -0.957. The van der Waals surface area contributed by atoms with Gasteiger partial charge in [-0.05, 0) is 18.2 Å². The Hall–Kier alpha value is -1.91. The summed E-state index contributed by atoms with van der Waals surface area (Å²) in [4.78, 5) is 20.7. The number of rotatable bonds is 4. The molecule has 0 saturated carbocycles. The molecule has 0 heterocycles. The SMILES string of the molecule is O=COCC(=O)Nc1cccc(F)c1. The molecule has 0 aliphatic heterocycles. The Labute approximate surface area is 79.7 Å². The molecule has 0 fully saturated rings. The molecule has 1 aromatic rings. The third-order valence-corrected chi connectivity index (χ3v) is 1.39. The summed E-state index contributed by atoms with van der Waals surface area (Å²) in [5, 5.41) is 2.35. The number of ether oxygens (including phenoxy) is 1. The van der Waals surface area contributed by atoms with E-state index in [1.807, 2.05) is 0 Å². The number of benzene rings is 1. The molecule has 0 saturated heterocycles. The zero-order valence-corrected chi connectivity index (χ0v) is 7.20. The van der Waals surface area contributed by atoms with E-state index in [4.69, 9.17) is 0 Å². The van der Waals surface area contributed by atoms with Crippen molar-refractivity contribution >= 4 is 18.1 Å². The average molecular weight is 197 g/mol. The van der Waals surface area contributed by atoms with Crippen molar-refractivity contribution < 1.29 is 18.7 Å². The highest BCUT2D eigenvalue weighted by Crippen LogP contribution is 2.08. The van der Waals surface area contributed by atoms with E-state index in [0.717, 1.165) is 0 Å². The Morgan fingerprint density at radius 1 is 1.57 bits per heavy atom. The first-order chi connectivity index (χ1) is 6.72. The molecule has 0 unspecified atom stereocenters. The van der Waals surface area contributed by atoms with Crippen LogP contribution in [0.5, 0.6) is 0 Å². The van der Waals surface area contributed by atoms with Gasteiger partial charge in [-0.25, -0.2) is 4.39 Å². The first-order valence-corrected chi connectivity index (χ1v) is 3.83. The quantitative estimate of drug-likeness (QED) is 0.731. The first-order valence-electron chi connectivity index (χ1n) is 3.83. The smallest absolute Gasteiger partial charge is 0.293 e. The van der Waals surface area contributed by atoms with Gasteiger partial charge in [0.2, 0.25) is 0 Å². The fraction of sp³-hybridized carbons (Fsp3) is 0.111. The van der Waals surface area contributed by atoms with Crippen molar-refractivity contribution in [2.24, 2.45) is 0 Å². The molecule has 0 bridgehead atoms. The molecule has 0 aliphatic rings. The Kier molecular flexibility index (Phi) is 3.60. The Bertz CT molecular complexity index is 341. The molecule has 74 valence electrons. The maximum absolute atomic E-state index is 12.6. The second-order valence-corrected chi connectivity index (χ2v) is 2.47. The lowest BCUT2D eigenvalue weighted by molar-refractivity contribution is -0.135. The normalized spacial score (nSPS) is 9.21. The second-order valence-electron chi connectivity index (χ2n) is 2.47. The summed E-state index contributed by atoms with van der Waals surface area (Å²) < 4.78 is 16.8. The van der Waals surface area contributed by atoms with Gasteiger partial charge in [-0.1, -0.05) is 6.07 Å². The number of nitrogens with one attached hydrogen (secondary N) is 1. The van der Waals surface area contributed by atoms with Gasteiger partial charge in [0.1, 0.15) is 5.82 Å². The summed E-state index contributed by atoms with van der Waals surface area (Å²) >= 11 is 0. The number of halogens is 1. The van der Waals surface area contributed by atoms with Crippen molar-refractivity contribution in [3.63, 3.8) is 0 Å². The van der Waals surface area contributed by atoms with E-state index < -0.39 is 11.7 Å². The van der Waals surface area contributed by atoms with E-state index in [1.54, 1.807) is 0 Å². The Morgan fingerprint density at radius 2 is 2.36 bits per heavy atom. The Balaban J connectivity index is 2.51. The number of hydrogen-bond donors (Lipinski definition) is 1. The van der Waals surface area contributed by atoms with Crippen molar-refractivity contribution in [2.45, 2.75) is 0 Å². The number of anilines is 1. The van der Waals surface area contributed by atoms with E-state index in [9.17, 15) is 14.0 Å². The number of carbonyl (C=O) groups excluding carboxylic acids is 2. The van der Waals surface area contributed by atoms with Crippen LogP contribution in [0.2, 0.25) is 0 Å². The number of amides is 1. The summed E-state index contributed by atoms with van der Waals surface area (Å²) in [5.41, 5.74) is 0.324. The van der Waals surface area contributed by atoms with Gasteiger partial charge >= 0.3 is 0 Å². The molecule has 1 aromatic carbocycles. The monoisotopic (exact) mass is 197 g/mol. The highest BCUT2D eigenvalue weighted by Gasteiger charge is 2.02. The Morgan fingerprint density at radius 3 is 3.00 bits per heavy atom. The van der Waals surface area contributed by atoms with Crippen molar-refractivity contribution in [3.05, 3.63) is 30.1 Å². The molecular formula is C9H8FNO3. The number of carbonyl (C=O) groups is 2. The molecule has 1 rings (SSSR count). The van der Waals surface area contributed by atoms with Gasteiger partial charge in [0.05, 0.1) is 0 Å². The van der Waals surface area contributed by atoms with Gasteiger partial charge in [-0.2, -0.15) is 0 Å². The van der Waals surface area contributed by atoms with Crippen LogP contribution in [0.4, 0.5) is 10.1 Å². The lowest BCUT2D eigenvalue weighted by Crippen LogP contribution is -2.17.